The van der Waals surface area contributed by atoms with Crippen LogP contribution in [0.1, 0.15) is 17.3 Å². The molecule has 0 aliphatic rings. The van der Waals surface area contributed by atoms with Crippen LogP contribution in [0.15, 0.2) is 30.8 Å². The maximum absolute atomic E-state index is 5.52. The monoisotopic (exact) mass is 148 g/mol. The van der Waals surface area contributed by atoms with Gasteiger partial charge < -0.3 is 11.5 Å². The van der Waals surface area contributed by atoms with Gasteiger partial charge in [-0.3, -0.25) is 0 Å². The average Bonchev–Trinajstić information content (AvgIpc) is 2.04. The van der Waals surface area contributed by atoms with Gasteiger partial charge in [0, 0.05) is 0 Å². The van der Waals surface area contributed by atoms with Crippen LogP contribution in [-0.2, 0) is 0 Å². The smallest absolute Gasteiger partial charge is 0.0790 e. The zero-order valence-electron chi connectivity index (χ0n) is 6.33. The molecule has 0 saturated carbocycles. The topological polar surface area (TPSA) is 52.0 Å². The summed E-state index contributed by atoms with van der Waals surface area (Å²) in [5.74, 6) is 0. The van der Waals surface area contributed by atoms with E-state index in [4.69, 9.17) is 11.5 Å². The minimum atomic E-state index is -0.413. The summed E-state index contributed by atoms with van der Waals surface area (Å²) >= 11 is 0. The highest BCUT2D eigenvalue weighted by Gasteiger charge is 2.01. The normalized spacial score (nSPS) is 10.1. The number of nitrogens with two attached hydrogens (primary N) is 2. The molecule has 0 bridgehead atoms. The predicted molar refractivity (Wildman–Crippen MR) is 47.6 cm³/mol. The van der Waals surface area contributed by atoms with Crippen molar-refractivity contribution in [2.24, 2.45) is 11.5 Å². The van der Waals surface area contributed by atoms with Crippen LogP contribution >= 0.6 is 0 Å². The first-order chi connectivity index (χ1) is 5.25. The minimum Gasteiger partial charge on any atom is -0.312 e. The molecule has 0 amide bonds. The lowest BCUT2D eigenvalue weighted by Gasteiger charge is -2.08. The first-order valence-corrected chi connectivity index (χ1v) is 3.48. The molecule has 1 rings (SSSR count). The third-order valence-corrected chi connectivity index (χ3v) is 1.58. The Balaban J connectivity index is 3.12. The molecule has 0 unspecified atom stereocenters. The molecule has 0 aliphatic heterocycles. The summed E-state index contributed by atoms with van der Waals surface area (Å²) in [7, 11) is 0. The van der Waals surface area contributed by atoms with Crippen LogP contribution in [0, 0.1) is 0 Å². The maximum atomic E-state index is 5.52. The third kappa shape index (κ3) is 1.67. The quantitative estimate of drug-likeness (QED) is 0.620. The summed E-state index contributed by atoms with van der Waals surface area (Å²) < 4.78 is 0. The molecule has 2 heteroatoms. The van der Waals surface area contributed by atoms with Crippen molar-refractivity contribution in [1.82, 2.24) is 0 Å². The van der Waals surface area contributed by atoms with Gasteiger partial charge in [-0.05, 0) is 11.1 Å². The predicted octanol–water partition coefficient (Wildman–Crippen LogP) is 1.25. The number of rotatable bonds is 2. The molecule has 2 nitrogen and oxygen atoms in total. The first-order valence-electron chi connectivity index (χ1n) is 3.48. The number of hydrogen-bond donors (Lipinski definition) is 2. The SMILES string of the molecule is C=Cc1ccccc1C(N)N. The summed E-state index contributed by atoms with van der Waals surface area (Å²) in [4.78, 5) is 0. The molecule has 0 fully saturated rings. The van der Waals surface area contributed by atoms with E-state index in [1.807, 2.05) is 24.3 Å². The Morgan fingerprint density at radius 2 is 1.91 bits per heavy atom. The van der Waals surface area contributed by atoms with Crippen molar-refractivity contribution in [1.29, 1.82) is 0 Å². The fourth-order valence-electron chi connectivity index (χ4n) is 1.00. The Bertz CT molecular complexity index is 253. The molecule has 1 aromatic carbocycles. The van der Waals surface area contributed by atoms with Crippen LogP contribution in [0.4, 0.5) is 0 Å². The molecule has 58 valence electrons. The summed E-state index contributed by atoms with van der Waals surface area (Å²) in [6, 6.07) is 7.69. The van der Waals surface area contributed by atoms with Gasteiger partial charge in [0.05, 0.1) is 6.17 Å². The molecule has 1 aromatic rings. The Hall–Kier alpha value is -1.12. The van der Waals surface area contributed by atoms with Crippen molar-refractivity contribution < 1.29 is 0 Å². The van der Waals surface area contributed by atoms with Gasteiger partial charge in [-0.1, -0.05) is 36.9 Å². The molecule has 0 saturated heterocycles. The van der Waals surface area contributed by atoms with Crippen LogP contribution in [0.5, 0.6) is 0 Å². The molecule has 0 heterocycles. The summed E-state index contributed by atoms with van der Waals surface area (Å²) in [6.07, 6.45) is 1.34. The van der Waals surface area contributed by atoms with Crippen molar-refractivity contribution in [3.05, 3.63) is 42.0 Å². The highest BCUT2D eigenvalue weighted by Crippen LogP contribution is 2.12. The van der Waals surface area contributed by atoms with E-state index < -0.39 is 6.17 Å². The van der Waals surface area contributed by atoms with Crippen LogP contribution in [0.25, 0.3) is 6.08 Å². The highest BCUT2D eigenvalue weighted by molar-refractivity contribution is 5.52. The highest BCUT2D eigenvalue weighted by atomic mass is 14.8. The lowest BCUT2D eigenvalue weighted by molar-refractivity contribution is 0.772. The Morgan fingerprint density at radius 1 is 1.27 bits per heavy atom. The van der Waals surface area contributed by atoms with Crippen LogP contribution < -0.4 is 11.5 Å². The molecular formula is C9H12N2. The Labute approximate surface area is 66.5 Å². The van der Waals surface area contributed by atoms with Crippen LogP contribution in [-0.4, -0.2) is 0 Å². The van der Waals surface area contributed by atoms with E-state index in [0.717, 1.165) is 11.1 Å². The molecule has 4 N–H and O–H groups in total. The largest absolute Gasteiger partial charge is 0.312 e. The van der Waals surface area contributed by atoms with E-state index in [1.165, 1.54) is 0 Å². The number of hydrogen-bond acceptors (Lipinski definition) is 2. The fraction of sp³-hybridized carbons (Fsp3) is 0.111. The van der Waals surface area contributed by atoms with Crippen LogP contribution in [0.2, 0.25) is 0 Å². The maximum Gasteiger partial charge on any atom is 0.0790 e. The summed E-state index contributed by atoms with van der Waals surface area (Å²) in [5.41, 5.74) is 13.0. The summed E-state index contributed by atoms with van der Waals surface area (Å²) in [6.45, 7) is 3.66. The lowest BCUT2D eigenvalue weighted by atomic mass is 10.1. The lowest BCUT2D eigenvalue weighted by Crippen LogP contribution is -2.20. The third-order valence-electron chi connectivity index (χ3n) is 1.58. The second kappa shape index (κ2) is 3.32. The van der Waals surface area contributed by atoms with Crippen molar-refractivity contribution in [2.75, 3.05) is 0 Å². The van der Waals surface area contributed by atoms with Gasteiger partial charge in [-0.25, -0.2) is 0 Å². The van der Waals surface area contributed by atoms with Crippen molar-refractivity contribution >= 4 is 6.08 Å². The first kappa shape index (κ1) is 7.98. The average molecular weight is 148 g/mol. The second-order valence-electron chi connectivity index (χ2n) is 2.36. The van der Waals surface area contributed by atoms with Gasteiger partial charge in [-0.15, -0.1) is 0 Å². The van der Waals surface area contributed by atoms with E-state index >= 15 is 0 Å². The zero-order valence-corrected chi connectivity index (χ0v) is 6.33. The van der Waals surface area contributed by atoms with Gasteiger partial charge >= 0.3 is 0 Å². The van der Waals surface area contributed by atoms with E-state index in [-0.39, 0.29) is 0 Å². The molecule has 0 radical (unpaired) electrons. The molecule has 0 aromatic heterocycles. The van der Waals surface area contributed by atoms with Crippen molar-refractivity contribution in [3.63, 3.8) is 0 Å². The van der Waals surface area contributed by atoms with Gasteiger partial charge in [0.1, 0.15) is 0 Å². The van der Waals surface area contributed by atoms with Crippen LogP contribution in [0.3, 0.4) is 0 Å². The van der Waals surface area contributed by atoms with Gasteiger partial charge in [0.15, 0.2) is 0 Å². The van der Waals surface area contributed by atoms with Gasteiger partial charge in [0.25, 0.3) is 0 Å². The van der Waals surface area contributed by atoms with Crippen molar-refractivity contribution in [2.45, 2.75) is 6.17 Å². The minimum absolute atomic E-state index is 0.413. The van der Waals surface area contributed by atoms with E-state index in [9.17, 15) is 0 Å². The van der Waals surface area contributed by atoms with E-state index in [0.29, 0.717) is 0 Å². The fourth-order valence-corrected chi connectivity index (χ4v) is 1.00. The van der Waals surface area contributed by atoms with E-state index in [2.05, 4.69) is 6.58 Å². The molecule has 0 atom stereocenters. The Kier molecular flexibility index (Phi) is 2.41. The van der Waals surface area contributed by atoms with Gasteiger partial charge in [-0.2, -0.15) is 0 Å². The second-order valence-corrected chi connectivity index (χ2v) is 2.36. The Morgan fingerprint density at radius 3 is 2.36 bits per heavy atom. The zero-order chi connectivity index (χ0) is 8.27. The van der Waals surface area contributed by atoms with E-state index in [1.54, 1.807) is 6.08 Å². The molecule has 0 spiro atoms. The number of benzene rings is 1. The van der Waals surface area contributed by atoms with Crippen molar-refractivity contribution in [3.8, 4) is 0 Å². The standard InChI is InChI=1S/C9H12N2/c1-2-7-5-3-4-6-8(7)9(10)11/h2-6,9H,1,10-11H2. The molecular weight excluding hydrogens is 136 g/mol. The molecule has 11 heavy (non-hydrogen) atoms. The van der Waals surface area contributed by atoms with Gasteiger partial charge in [0.2, 0.25) is 0 Å². The molecule has 0 aliphatic carbocycles. The summed E-state index contributed by atoms with van der Waals surface area (Å²) in [5, 5.41) is 0.